The summed E-state index contributed by atoms with van der Waals surface area (Å²) in [5, 5.41) is 56.5. The Labute approximate surface area is 320 Å². The third kappa shape index (κ3) is 4.93. The third-order valence-corrected chi connectivity index (χ3v) is 10.6. The van der Waals surface area contributed by atoms with Crippen LogP contribution in [0.1, 0.15) is 0 Å². The van der Waals surface area contributed by atoms with Gasteiger partial charge in [-0.25, -0.2) is 0 Å². The summed E-state index contributed by atoms with van der Waals surface area (Å²) in [6.45, 7) is 0. The lowest BCUT2D eigenvalue weighted by Gasteiger charge is -2.25. The molecule has 8 nitrogen and oxygen atoms in total. The van der Waals surface area contributed by atoms with Crippen LogP contribution in [0.3, 0.4) is 0 Å². The number of aromatic hydroxyl groups is 5. The number of hydrogen-bond acceptors (Lipinski definition) is 6. The summed E-state index contributed by atoms with van der Waals surface area (Å²) >= 11 is 0. The second-order valence-electron chi connectivity index (χ2n) is 13.8. The molecule has 0 saturated carbocycles. The van der Waals surface area contributed by atoms with Gasteiger partial charge in [0.05, 0.1) is 22.1 Å². The van der Waals surface area contributed by atoms with Gasteiger partial charge in [-0.15, -0.1) is 0 Å². The molecule has 0 saturated heterocycles. The first-order valence-corrected chi connectivity index (χ1v) is 18.2. The Morgan fingerprint density at radius 3 is 1.23 bits per heavy atom. The van der Waals surface area contributed by atoms with Gasteiger partial charge in [0.1, 0.15) is 5.69 Å². The molecule has 0 bridgehead atoms. The maximum atomic E-state index is 10.9. The van der Waals surface area contributed by atoms with Crippen molar-refractivity contribution in [3.8, 4) is 51.2 Å². The predicted octanol–water partition coefficient (Wildman–Crippen LogP) is 11.5. The van der Waals surface area contributed by atoms with E-state index in [4.69, 9.17) is 0 Å². The van der Waals surface area contributed by atoms with E-state index < -0.39 is 28.7 Å². The van der Waals surface area contributed by atoms with Crippen LogP contribution in [0.5, 0.6) is 28.7 Å². The van der Waals surface area contributed by atoms with E-state index in [9.17, 15) is 25.5 Å². The normalized spacial score (nSPS) is 11.6. The number of benzene rings is 8. The first-order chi connectivity index (χ1) is 27.4. The van der Waals surface area contributed by atoms with Crippen molar-refractivity contribution in [3.05, 3.63) is 170 Å². The molecule has 0 radical (unpaired) electrons. The van der Waals surface area contributed by atoms with Gasteiger partial charge in [0, 0.05) is 44.3 Å². The van der Waals surface area contributed by atoms with E-state index in [-0.39, 0.29) is 5.69 Å². The Bertz CT molecular complexity index is 3070. The van der Waals surface area contributed by atoms with Crippen molar-refractivity contribution < 1.29 is 25.5 Å². The fraction of sp³-hybridized carbons (Fsp3) is 0. The van der Waals surface area contributed by atoms with Crippen LogP contribution in [0.15, 0.2) is 170 Å². The number of para-hydroxylation sites is 4. The number of aromatic nitrogens is 2. The van der Waals surface area contributed by atoms with E-state index in [2.05, 4.69) is 131 Å². The highest BCUT2D eigenvalue weighted by atomic mass is 16.4. The molecule has 8 heteroatoms. The van der Waals surface area contributed by atoms with Crippen molar-refractivity contribution in [2.45, 2.75) is 0 Å². The first-order valence-electron chi connectivity index (χ1n) is 18.2. The minimum absolute atomic E-state index is 0.244. The van der Waals surface area contributed by atoms with Gasteiger partial charge in [0.25, 0.3) is 0 Å². The summed E-state index contributed by atoms with van der Waals surface area (Å²) in [5.41, 5.74) is 9.36. The van der Waals surface area contributed by atoms with Crippen LogP contribution in [0.25, 0.3) is 66.1 Å². The average molecular weight is 732 g/mol. The number of nitrogens with zero attached hydrogens (tertiary/aromatic N) is 3. The van der Waals surface area contributed by atoms with Gasteiger partial charge in [-0.3, -0.25) is 0 Å². The first kappa shape index (κ1) is 32.8. The van der Waals surface area contributed by atoms with Crippen molar-refractivity contribution in [2.75, 3.05) is 4.90 Å². The summed E-state index contributed by atoms with van der Waals surface area (Å²) in [7, 11) is 0. The molecule has 56 heavy (non-hydrogen) atoms. The second kappa shape index (κ2) is 12.6. The zero-order valence-electron chi connectivity index (χ0n) is 29.7. The molecular formula is C48H33N3O5. The van der Waals surface area contributed by atoms with Gasteiger partial charge in [-0.2, -0.15) is 0 Å². The number of rotatable bonds is 6. The van der Waals surface area contributed by atoms with Gasteiger partial charge in [-0.1, -0.05) is 84.9 Å². The molecule has 5 N–H and O–H groups in total. The highest BCUT2D eigenvalue weighted by molar-refractivity contribution is 6.13. The number of anilines is 3. The number of phenols is 5. The Morgan fingerprint density at radius 1 is 0.321 bits per heavy atom. The summed E-state index contributed by atoms with van der Waals surface area (Å²) < 4.78 is 3.87. The maximum Gasteiger partial charge on any atom is 0.208 e. The van der Waals surface area contributed by atoms with Gasteiger partial charge in [-0.05, 0) is 96.1 Å². The molecule has 0 atom stereocenters. The largest absolute Gasteiger partial charge is 0.503 e. The molecule has 0 fully saturated rings. The molecule has 0 spiro atoms. The topological polar surface area (TPSA) is 114 Å². The van der Waals surface area contributed by atoms with Crippen molar-refractivity contribution in [2.24, 2.45) is 0 Å². The lowest BCUT2D eigenvalue weighted by Crippen LogP contribution is -2.09. The van der Waals surface area contributed by atoms with Gasteiger partial charge in [0.15, 0.2) is 11.5 Å². The lowest BCUT2D eigenvalue weighted by atomic mass is 10.0. The minimum Gasteiger partial charge on any atom is -0.503 e. The predicted molar refractivity (Wildman–Crippen MR) is 224 cm³/mol. The molecule has 10 rings (SSSR count). The zero-order valence-corrected chi connectivity index (χ0v) is 29.7. The standard InChI is InChI=1S/C48H33N3O5/c52-44-43(45(53)47(55)48(56)46(44)54)51-40-18-10-8-16-36(40)38-28-30(20-26-42(38)51)29-19-25-41-37(27-29)35-15-7-9-17-39(35)50(41)34-23-21-33(22-24-34)49(31-11-3-1-4-12-31)32-13-5-2-6-14-32/h1-28,52-56H. The number of hydrogen-bond donors (Lipinski definition) is 5. The maximum absolute atomic E-state index is 10.9. The zero-order chi connectivity index (χ0) is 38.1. The molecule has 270 valence electrons. The van der Waals surface area contributed by atoms with Gasteiger partial charge >= 0.3 is 0 Å². The van der Waals surface area contributed by atoms with E-state index in [1.165, 1.54) is 0 Å². The summed E-state index contributed by atoms with van der Waals surface area (Å²) in [5.74, 6) is -4.38. The fourth-order valence-electron chi connectivity index (χ4n) is 8.06. The fourth-order valence-corrected chi connectivity index (χ4v) is 8.06. The van der Waals surface area contributed by atoms with Crippen LogP contribution in [-0.2, 0) is 0 Å². The van der Waals surface area contributed by atoms with Crippen LogP contribution in [0, 0.1) is 0 Å². The number of fused-ring (bicyclic) bond motifs is 6. The molecule has 8 aromatic carbocycles. The molecule has 2 aromatic heterocycles. The second-order valence-corrected chi connectivity index (χ2v) is 13.8. The quantitative estimate of drug-likeness (QED) is 0.0859. The summed E-state index contributed by atoms with van der Waals surface area (Å²) in [4.78, 5) is 2.25. The average Bonchev–Trinajstić information content (AvgIpc) is 3.76. The van der Waals surface area contributed by atoms with Crippen molar-refractivity contribution in [1.29, 1.82) is 0 Å². The summed E-state index contributed by atoms with van der Waals surface area (Å²) in [6, 6.07) is 57.7. The SMILES string of the molecule is Oc1c(O)c(O)c(-n2c3ccccc3c3cc(-c4ccc5c(c4)c4ccccc4n5-c4ccc(N(c5ccccc5)c5ccccc5)cc4)ccc32)c(O)c1O. The molecule has 0 unspecified atom stereocenters. The molecule has 0 aliphatic heterocycles. The summed E-state index contributed by atoms with van der Waals surface area (Å²) in [6.07, 6.45) is 0. The lowest BCUT2D eigenvalue weighted by molar-refractivity contribution is 0.327. The third-order valence-electron chi connectivity index (χ3n) is 10.6. The van der Waals surface area contributed by atoms with Crippen molar-refractivity contribution in [1.82, 2.24) is 9.13 Å². The molecule has 2 heterocycles. The Balaban J connectivity index is 1.10. The minimum atomic E-state index is -1.00. The van der Waals surface area contributed by atoms with E-state index >= 15 is 0 Å². The van der Waals surface area contributed by atoms with Crippen LogP contribution < -0.4 is 4.90 Å². The van der Waals surface area contributed by atoms with Gasteiger partial charge in [0.2, 0.25) is 17.2 Å². The van der Waals surface area contributed by atoms with E-state index in [0.717, 1.165) is 66.5 Å². The van der Waals surface area contributed by atoms with E-state index in [1.807, 2.05) is 48.5 Å². The van der Waals surface area contributed by atoms with Crippen LogP contribution >= 0.6 is 0 Å². The molecular weight excluding hydrogens is 699 g/mol. The van der Waals surface area contributed by atoms with Crippen LogP contribution in [0.4, 0.5) is 17.1 Å². The highest BCUT2D eigenvalue weighted by Crippen LogP contribution is 2.54. The molecule has 0 amide bonds. The number of phenolic OH excluding ortho intramolecular Hbond substituents is 5. The van der Waals surface area contributed by atoms with E-state index in [1.54, 1.807) is 4.57 Å². The smallest absolute Gasteiger partial charge is 0.208 e. The van der Waals surface area contributed by atoms with Crippen molar-refractivity contribution >= 4 is 60.7 Å². The molecule has 0 aliphatic carbocycles. The van der Waals surface area contributed by atoms with Crippen LogP contribution in [-0.4, -0.2) is 34.7 Å². The van der Waals surface area contributed by atoms with Crippen LogP contribution in [0.2, 0.25) is 0 Å². The van der Waals surface area contributed by atoms with Gasteiger partial charge < -0.3 is 39.6 Å². The molecule has 10 aromatic rings. The molecule has 0 aliphatic rings. The highest BCUT2D eigenvalue weighted by Gasteiger charge is 2.27. The Hall–Kier alpha value is -7.84. The van der Waals surface area contributed by atoms with E-state index in [0.29, 0.717) is 11.0 Å². The van der Waals surface area contributed by atoms with Crippen molar-refractivity contribution in [3.63, 3.8) is 0 Å². The Morgan fingerprint density at radius 2 is 0.714 bits per heavy atom. The monoisotopic (exact) mass is 731 g/mol. The Kier molecular flexibility index (Phi) is 7.40.